The van der Waals surface area contributed by atoms with Crippen molar-refractivity contribution in [3.05, 3.63) is 86.7 Å². The minimum absolute atomic E-state index is 0.236. The minimum Gasteiger partial charge on any atom is -0.493 e. The quantitative estimate of drug-likeness (QED) is 0.256. The van der Waals surface area contributed by atoms with Gasteiger partial charge in [-0.2, -0.15) is 0 Å². The number of halogens is 2. The standard InChI is InChI=1S/C26H20Cl2N2O4S2/c1-15-7-9-17(13-19(15)28)30-25(32)23(36-26(30)35)12-16-8-10-21(22(11-16)33-2)34-14-24(31)29-20-6-4-3-5-18(20)27/h3-13H,14H2,1-2H3,(H,29,31)/b23-12-. The van der Waals surface area contributed by atoms with Crippen LogP contribution in [0, 0.1) is 6.92 Å². The zero-order valence-corrected chi connectivity index (χ0v) is 22.4. The van der Waals surface area contributed by atoms with E-state index in [4.69, 9.17) is 44.9 Å². The van der Waals surface area contributed by atoms with Gasteiger partial charge in [0.05, 0.1) is 28.4 Å². The van der Waals surface area contributed by atoms with E-state index in [-0.39, 0.29) is 18.4 Å². The van der Waals surface area contributed by atoms with Gasteiger partial charge in [-0.15, -0.1) is 0 Å². The lowest BCUT2D eigenvalue weighted by molar-refractivity contribution is -0.118. The van der Waals surface area contributed by atoms with E-state index in [0.717, 1.165) is 5.56 Å². The van der Waals surface area contributed by atoms with Gasteiger partial charge < -0.3 is 14.8 Å². The lowest BCUT2D eigenvalue weighted by Crippen LogP contribution is -2.27. The first-order valence-corrected chi connectivity index (χ1v) is 12.6. The van der Waals surface area contributed by atoms with Gasteiger partial charge in [-0.25, -0.2) is 0 Å². The summed E-state index contributed by atoms with van der Waals surface area (Å²) >= 11 is 19.0. The molecular formula is C26H20Cl2N2O4S2. The number of ether oxygens (including phenoxy) is 2. The summed E-state index contributed by atoms with van der Waals surface area (Å²) in [7, 11) is 1.50. The zero-order chi connectivity index (χ0) is 25.8. The molecule has 0 atom stereocenters. The van der Waals surface area contributed by atoms with Crippen molar-refractivity contribution < 1.29 is 19.1 Å². The summed E-state index contributed by atoms with van der Waals surface area (Å²) in [5.41, 5.74) is 2.74. The van der Waals surface area contributed by atoms with Gasteiger partial charge in [0.2, 0.25) is 0 Å². The van der Waals surface area contributed by atoms with Gasteiger partial charge in [0.1, 0.15) is 0 Å². The second-order valence-corrected chi connectivity index (χ2v) is 10.2. The normalized spacial score (nSPS) is 14.3. The third-order valence-corrected chi connectivity index (χ3v) is 7.24. The van der Waals surface area contributed by atoms with E-state index >= 15 is 0 Å². The van der Waals surface area contributed by atoms with E-state index in [2.05, 4.69) is 5.32 Å². The number of methoxy groups -OCH3 is 1. The number of nitrogens with one attached hydrogen (secondary N) is 1. The SMILES string of the molecule is COc1cc(/C=C2\SC(=S)N(c3ccc(C)c(Cl)c3)C2=O)ccc1OCC(=O)Nc1ccccc1Cl. The molecular weight excluding hydrogens is 539 g/mol. The summed E-state index contributed by atoms with van der Waals surface area (Å²) in [5, 5.41) is 3.69. The van der Waals surface area contributed by atoms with Crippen molar-refractivity contribution in [3.63, 3.8) is 0 Å². The number of carbonyl (C=O) groups excluding carboxylic acids is 2. The highest BCUT2D eigenvalue weighted by Gasteiger charge is 2.33. The number of carbonyl (C=O) groups is 2. The van der Waals surface area contributed by atoms with Crippen LogP contribution >= 0.6 is 47.2 Å². The number of thiocarbonyl (C=S) groups is 1. The number of aryl methyl sites for hydroxylation is 1. The van der Waals surface area contributed by atoms with E-state index in [1.807, 2.05) is 19.1 Å². The number of thioether (sulfide) groups is 1. The molecule has 1 heterocycles. The average Bonchev–Trinajstić information content (AvgIpc) is 3.13. The fourth-order valence-corrected chi connectivity index (χ4v) is 5.00. The molecule has 3 aromatic carbocycles. The first-order valence-electron chi connectivity index (χ1n) is 10.7. The van der Waals surface area contributed by atoms with Crippen LogP contribution in [-0.4, -0.2) is 29.9 Å². The van der Waals surface area contributed by atoms with Crippen molar-refractivity contribution in [3.8, 4) is 11.5 Å². The highest BCUT2D eigenvalue weighted by atomic mass is 35.5. The molecule has 1 N–H and O–H groups in total. The highest BCUT2D eigenvalue weighted by Crippen LogP contribution is 2.38. The van der Waals surface area contributed by atoms with Crippen LogP contribution in [0.4, 0.5) is 11.4 Å². The van der Waals surface area contributed by atoms with Crippen LogP contribution in [0.3, 0.4) is 0 Å². The summed E-state index contributed by atoms with van der Waals surface area (Å²) in [6, 6.07) is 17.5. The van der Waals surface area contributed by atoms with E-state index in [9.17, 15) is 9.59 Å². The summed E-state index contributed by atoms with van der Waals surface area (Å²) in [5.74, 6) is 0.190. The smallest absolute Gasteiger partial charge is 0.270 e. The Morgan fingerprint density at radius 2 is 1.86 bits per heavy atom. The van der Waals surface area contributed by atoms with Crippen LogP contribution in [0.1, 0.15) is 11.1 Å². The Labute approximate surface area is 228 Å². The molecule has 6 nitrogen and oxygen atoms in total. The fourth-order valence-electron chi connectivity index (χ4n) is 3.35. The van der Waals surface area contributed by atoms with Gasteiger partial charge in [0.15, 0.2) is 22.4 Å². The monoisotopic (exact) mass is 558 g/mol. The number of benzene rings is 3. The Bertz CT molecular complexity index is 1390. The third-order valence-electron chi connectivity index (χ3n) is 5.20. The van der Waals surface area contributed by atoms with Crippen LogP contribution in [0.5, 0.6) is 11.5 Å². The molecule has 184 valence electrons. The van der Waals surface area contributed by atoms with Gasteiger partial charge in [-0.05, 0) is 60.5 Å². The van der Waals surface area contributed by atoms with Crippen molar-refractivity contribution in [1.82, 2.24) is 0 Å². The molecule has 10 heteroatoms. The second-order valence-electron chi connectivity index (χ2n) is 7.68. The molecule has 1 aliphatic rings. The number of rotatable bonds is 7. The molecule has 36 heavy (non-hydrogen) atoms. The molecule has 1 fully saturated rings. The van der Waals surface area contributed by atoms with Crippen molar-refractivity contribution in [1.29, 1.82) is 0 Å². The molecule has 3 aromatic rings. The van der Waals surface area contributed by atoms with E-state index in [1.165, 1.54) is 23.8 Å². The van der Waals surface area contributed by atoms with Crippen LogP contribution in [-0.2, 0) is 9.59 Å². The topological polar surface area (TPSA) is 67.9 Å². The van der Waals surface area contributed by atoms with Crippen molar-refractivity contribution >= 4 is 80.8 Å². The summed E-state index contributed by atoms with van der Waals surface area (Å²) in [6.07, 6.45) is 1.73. The lowest BCUT2D eigenvalue weighted by Gasteiger charge is -2.15. The average molecular weight is 559 g/mol. The van der Waals surface area contributed by atoms with Gasteiger partial charge in [0.25, 0.3) is 11.8 Å². The van der Waals surface area contributed by atoms with E-state index in [0.29, 0.717) is 47.7 Å². The molecule has 0 saturated carbocycles. The fraction of sp³-hybridized carbons (Fsp3) is 0.115. The first-order chi connectivity index (χ1) is 17.3. The molecule has 0 aromatic heterocycles. The summed E-state index contributed by atoms with van der Waals surface area (Å²) in [4.78, 5) is 27.3. The van der Waals surface area contributed by atoms with E-state index in [1.54, 1.807) is 54.6 Å². The first kappa shape index (κ1) is 26.0. The molecule has 0 bridgehead atoms. The Hall–Kier alpha value is -3.04. The van der Waals surface area contributed by atoms with Gasteiger partial charge in [0, 0.05) is 5.02 Å². The predicted molar refractivity (Wildman–Crippen MR) is 150 cm³/mol. The summed E-state index contributed by atoms with van der Waals surface area (Å²) in [6.45, 7) is 1.65. The van der Waals surface area contributed by atoms with Crippen LogP contribution in [0.15, 0.2) is 65.6 Å². The number of para-hydroxylation sites is 1. The third kappa shape index (κ3) is 5.84. The lowest BCUT2D eigenvalue weighted by atomic mass is 10.1. The predicted octanol–water partition coefficient (Wildman–Crippen LogP) is 6.73. The number of anilines is 2. The maximum absolute atomic E-state index is 13.1. The number of amides is 2. The molecule has 1 saturated heterocycles. The Morgan fingerprint density at radius 3 is 2.58 bits per heavy atom. The van der Waals surface area contributed by atoms with Crippen LogP contribution in [0.2, 0.25) is 10.0 Å². The Balaban J connectivity index is 1.47. The minimum atomic E-state index is -0.367. The van der Waals surface area contributed by atoms with Crippen molar-refractivity contribution in [2.24, 2.45) is 0 Å². The largest absolute Gasteiger partial charge is 0.493 e. The number of hydrogen-bond donors (Lipinski definition) is 1. The molecule has 0 radical (unpaired) electrons. The number of hydrogen-bond acceptors (Lipinski definition) is 6. The molecule has 4 rings (SSSR count). The maximum atomic E-state index is 13.1. The molecule has 2 amide bonds. The molecule has 1 aliphatic heterocycles. The molecule has 0 spiro atoms. The Morgan fingerprint density at radius 1 is 1.08 bits per heavy atom. The van der Waals surface area contributed by atoms with E-state index < -0.39 is 0 Å². The Kier molecular flexibility index (Phi) is 8.21. The van der Waals surface area contributed by atoms with Crippen LogP contribution in [0.25, 0.3) is 6.08 Å². The van der Waals surface area contributed by atoms with Crippen molar-refractivity contribution in [2.75, 3.05) is 23.9 Å². The van der Waals surface area contributed by atoms with Crippen LogP contribution < -0.4 is 19.7 Å². The molecule has 0 aliphatic carbocycles. The summed E-state index contributed by atoms with van der Waals surface area (Å²) < 4.78 is 11.5. The van der Waals surface area contributed by atoms with Crippen molar-refractivity contribution in [2.45, 2.75) is 6.92 Å². The highest BCUT2D eigenvalue weighted by molar-refractivity contribution is 8.27. The maximum Gasteiger partial charge on any atom is 0.270 e. The van der Waals surface area contributed by atoms with Gasteiger partial charge in [-0.1, -0.05) is 71.4 Å². The van der Waals surface area contributed by atoms with Gasteiger partial charge in [-0.3, -0.25) is 14.5 Å². The molecule has 0 unspecified atom stereocenters. The second kappa shape index (κ2) is 11.3. The van der Waals surface area contributed by atoms with Gasteiger partial charge >= 0.3 is 0 Å². The number of nitrogens with zero attached hydrogens (tertiary/aromatic N) is 1. The zero-order valence-electron chi connectivity index (χ0n) is 19.2.